The first-order chi connectivity index (χ1) is 10.3. The van der Waals surface area contributed by atoms with E-state index in [2.05, 4.69) is 18.7 Å². The highest BCUT2D eigenvalue weighted by Crippen LogP contribution is 2.13. The van der Waals surface area contributed by atoms with E-state index >= 15 is 0 Å². The molecule has 116 valence electrons. The molecule has 21 heavy (non-hydrogen) atoms. The number of methoxy groups -OCH3 is 1. The molecule has 0 bridgehead atoms. The molecule has 1 rings (SSSR count). The van der Waals surface area contributed by atoms with Crippen LogP contribution in [0.5, 0.6) is 5.75 Å². The Kier molecular flexibility index (Phi) is 9.25. The van der Waals surface area contributed by atoms with Crippen molar-refractivity contribution in [2.75, 3.05) is 13.7 Å². The summed E-state index contributed by atoms with van der Waals surface area (Å²) < 4.78 is 11.0. The smallest absolute Gasteiger partial charge is 0.118 e. The molecule has 0 unspecified atom stereocenters. The summed E-state index contributed by atoms with van der Waals surface area (Å²) in [6.07, 6.45) is 9.85. The van der Waals surface area contributed by atoms with Crippen LogP contribution in [-0.2, 0) is 11.3 Å². The van der Waals surface area contributed by atoms with E-state index in [9.17, 15) is 0 Å². The van der Waals surface area contributed by atoms with Crippen molar-refractivity contribution in [3.8, 4) is 5.75 Å². The van der Waals surface area contributed by atoms with Crippen molar-refractivity contribution in [2.45, 2.75) is 38.4 Å². The summed E-state index contributed by atoms with van der Waals surface area (Å²) in [7, 11) is 1.66. The zero-order valence-corrected chi connectivity index (χ0v) is 12.8. The molecule has 1 aromatic carbocycles. The third-order valence-electron chi connectivity index (χ3n) is 3.20. The number of unbranched alkanes of at least 4 members (excludes halogenated alkanes) is 2. The molecule has 1 atom stereocenters. The van der Waals surface area contributed by atoms with Gasteiger partial charge in [-0.2, -0.15) is 0 Å². The van der Waals surface area contributed by atoms with E-state index in [0.717, 1.165) is 37.0 Å². The summed E-state index contributed by atoms with van der Waals surface area (Å²) in [6.45, 7) is 4.66. The Hall–Kier alpha value is -1.58. The monoisotopic (exact) mass is 290 g/mol. The number of aliphatic hydroxyl groups excluding tert-OH is 1. The molecular weight excluding hydrogens is 264 g/mol. The number of benzene rings is 1. The molecule has 0 aliphatic rings. The van der Waals surface area contributed by atoms with Gasteiger partial charge in [0.2, 0.25) is 0 Å². The van der Waals surface area contributed by atoms with Crippen LogP contribution in [0.25, 0.3) is 0 Å². The standard InChI is InChI=1S/C18H26O3/c1-3-17(9-7-5-4-6-8-14-19)21-15-16-10-12-18(20-2)13-11-16/h3,5,7,10-13,17,19H,1,4,6,8-9,14-15H2,2H3/b7-5-/t17-/m0/s1. The average molecular weight is 290 g/mol. The van der Waals surface area contributed by atoms with Crippen LogP contribution in [0, 0.1) is 0 Å². The van der Waals surface area contributed by atoms with Gasteiger partial charge in [-0.1, -0.05) is 30.4 Å². The van der Waals surface area contributed by atoms with Crippen molar-refractivity contribution in [3.05, 3.63) is 54.6 Å². The lowest BCUT2D eigenvalue weighted by molar-refractivity contribution is 0.0741. The lowest BCUT2D eigenvalue weighted by Crippen LogP contribution is -2.08. The second-order valence-electron chi connectivity index (χ2n) is 4.86. The van der Waals surface area contributed by atoms with Gasteiger partial charge >= 0.3 is 0 Å². The number of aliphatic hydroxyl groups is 1. The van der Waals surface area contributed by atoms with Crippen molar-refractivity contribution in [2.24, 2.45) is 0 Å². The second kappa shape index (κ2) is 11.1. The molecule has 0 saturated heterocycles. The Balaban J connectivity index is 2.28. The van der Waals surface area contributed by atoms with Gasteiger partial charge in [0.05, 0.1) is 19.8 Å². The zero-order chi connectivity index (χ0) is 15.3. The van der Waals surface area contributed by atoms with E-state index in [1.165, 1.54) is 0 Å². The van der Waals surface area contributed by atoms with Gasteiger partial charge in [0.15, 0.2) is 0 Å². The predicted molar refractivity (Wildman–Crippen MR) is 86.5 cm³/mol. The maximum absolute atomic E-state index is 8.70. The Morgan fingerprint density at radius 2 is 1.95 bits per heavy atom. The lowest BCUT2D eigenvalue weighted by Gasteiger charge is -2.12. The number of hydrogen-bond donors (Lipinski definition) is 1. The Morgan fingerprint density at radius 3 is 2.57 bits per heavy atom. The number of allylic oxidation sites excluding steroid dienone is 1. The van der Waals surface area contributed by atoms with Gasteiger partial charge in [0, 0.05) is 6.61 Å². The first-order valence-corrected chi connectivity index (χ1v) is 7.43. The fourth-order valence-corrected chi connectivity index (χ4v) is 1.88. The molecular formula is C18H26O3. The van der Waals surface area contributed by atoms with E-state index in [1.807, 2.05) is 30.3 Å². The Labute approximate surface area is 127 Å². The van der Waals surface area contributed by atoms with Crippen LogP contribution in [0.3, 0.4) is 0 Å². The van der Waals surface area contributed by atoms with Crippen LogP contribution in [-0.4, -0.2) is 24.9 Å². The van der Waals surface area contributed by atoms with Crippen LogP contribution in [0.4, 0.5) is 0 Å². The Morgan fingerprint density at radius 1 is 1.19 bits per heavy atom. The van der Waals surface area contributed by atoms with Gasteiger partial charge in [-0.3, -0.25) is 0 Å². The molecule has 0 aliphatic carbocycles. The molecule has 0 spiro atoms. The average Bonchev–Trinajstić information content (AvgIpc) is 2.54. The molecule has 0 fully saturated rings. The van der Waals surface area contributed by atoms with E-state index in [1.54, 1.807) is 7.11 Å². The van der Waals surface area contributed by atoms with E-state index in [-0.39, 0.29) is 12.7 Å². The minimum absolute atomic E-state index is 0.0289. The lowest BCUT2D eigenvalue weighted by atomic mass is 10.2. The third kappa shape index (κ3) is 7.69. The third-order valence-corrected chi connectivity index (χ3v) is 3.20. The molecule has 0 radical (unpaired) electrons. The molecule has 0 saturated carbocycles. The summed E-state index contributed by atoms with van der Waals surface area (Å²) in [5.74, 6) is 0.852. The van der Waals surface area contributed by atoms with Crippen LogP contribution in [0.1, 0.15) is 31.2 Å². The normalized spacial score (nSPS) is 12.5. The summed E-state index contributed by atoms with van der Waals surface area (Å²) in [5, 5.41) is 8.70. The van der Waals surface area contributed by atoms with Gasteiger partial charge < -0.3 is 14.6 Å². The largest absolute Gasteiger partial charge is 0.497 e. The minimum atomic E-state index is 0.0289. The van der Waals surface area contributed by atoms with Crippen molar-refractivity contribution in [1.29, 1.82) is 0 Å². The summed E-state index contributed by atoms with van der Waals surface area (Å²) in [6, 6.07) is 7.87. The van der Waals surface area contributed by atoms with Gasteiger partial charge in [-0.25, -0.2) is 0 Å². The Bertz CT molecular complexity index is 409. The molecule has 0 heterocycles. The predicted octanol–water partition coefficient (Wildman–Crippen LogP) is 3.88. The first-order valence-electron chi connectivity index (χ1n) is 7.43. The van der Waals surface area contributed by atoms with Crippen LogP contribution >= 0.6 is 0 Å². The molecule has 3 nitrogen and oxygen atoms in total. The SMILES string of the molecule is C=C[C@@H](C/C=C\CCCCO)OCc1ccc(OC)cc1. The number of hydrogen-bond acceptors (Lipinski definition) is 3. The van der Waals surface area contributed by atoms with Crippen LogP contribution in [0.15, 0.2) is 49.1 Å². The zero-order valence-electron chi connectivity index (χ0n) is 12.8. The molecule has 0 amide bonds. The topological polar surface area (TPSA) is 38.7 Å². The maximum Gasteiger partial charge on any atom is 0.118 e. The van der Waals surface area contributed by atoms with E-state index in [0.29, 0.717) is 6.61 Å². The fraction of sp³-hybridized carbons (Fsp3) is 0.444. The van der Waals surface area contributed by atoms with Crippen molar-refractivity contribution in [3.63, 3.8) is 0 Å². The highest BCUT2D eigenvalue weighted by molar-refractivity contribution is 5.26. The quantitative estimate of drug-likeness (QED) is 0.496. The number of rotatable bonds is 11. The summed E-state index contributed by atoms with van der Waals surface area (Å²) in [5.41, 5.74) is 1.12. The molecule has 0 aliphatic heterocycles. The van der Waals surface area contributed by atoms with E-state index < -0.39 is 0 Å². The first kappa shape index (κ1) is 17.5. The van der Waals surface area contributed by atoms with Gasteiger partial charge in [-0.15, -0.1) is 6.58 Å². The van der Waals surface area contributed by atoms with Gasteiger partial charge in [0.25, 0.3) is 0 Å². The molecule has 0 aromatic heterocycles. The summed E-state index contributed by atoms with van der Waals surface area (Å²) >= 11 is 0. The fourth-order valence-electron chi connectivity index (χ4n) is 1.88. The molecule has 1 aromatic rings. The highest BCUT2D eigenvalue weighted by atomic mass is 16.5. The second-order valence-corrected chi connectivity index (χ2v) is 4.86. The maximum atomic E-state index is 8.70. The van der Waals surface area contributed by atoms with Crippen LogP contribution < -0.4 is 4.74 Å². The number of ether oxygens (including phenoxy) is 2. The van der Waals surface area contributed by atoms with Crippen molar-refractivity contribution in [1.82, 2.24) is 0 Å². The van der Waals surface area contributed by atoms with Crippen molar-refractivity contribution < 1.29 is 14.6 Å². The van der Waals surface area contributed by atoms with Crippen molar-refractivity contribution >= 4 is 0 Å². The van der Waals surface area contributed by atoms with Gasteiger partial charge in [-0.05, 0) is 43.4 Å². The molecule has 3 heteroatoms. The van der Waals surface area contributed by atoms with Gasteiger partial charge in [0.1, 0.15) is 5.75 Å². The highest BCUT2D eigenvalue weighted by Gasteiger charge is 2.03. The van der Waals surface area contributed by atoms with Crippen LogP contribution in [0.2, 0.25) is 0 Å². The summed E-state index contributed by atoms with van der Waals surface area (Å²) in [4.78, 5) is 0. The van der Waals surface area contributed by atoms with E-state index in [4.69, 9.17) is 14.6 Å². The minimum Gasteiger partial charge on any atom is -0.497 e. The molecule has 1 N–H and O–H groups in total.